The number of hydrogen-bond acceptors (Lipinski definition) is 4. The van der Waals surface area contributed by atoms with E-state index in [9.17, 15) is 4.79 Å². The summed E-state index contributed by atoms with van der Waals surface area (Å²) in [6.45, 7) is 7.16. The molecule has 0 aromatic heterocycles. The quantitative estimate of drug-likeness (QED) is 0.918. The molecular weight excluding hydrogens is 294 g/mol. The summed E-state index contributed by atoms with van der Waals surface area (Å²) in [5.41, 5.74) is 1.99. The van der Waals surface area contributed by atoms with Gasteiger partial charge in [-0.3, -0.25) is 4.79 Å². The molecule has 1 unspecified atom stereocenters. The molecule has 2 aliphatic rings. The SMILES string of the molecule is COc1c2c(cc3c1[C@@H](CC(=O)C(C)(C)C)[NH+](C)CC3)OCO2. The minimum Gasteiger partial charge on any atom is -0.492 e. The molecule has 0 radical (unpaired) electrons. The van der Waals surface area contributed by atoms with Gasteiger partial charge in [-0.15, -0.1) is 0 Å². The molecule has 0 aliphatic carbocycles. The van der Waals surface area contributed by atoms with E-state index in [0.717, 1.165) is 30.0 Å². The Bertz CT molecular complexity index is 633. The number of ketones is 1. The average Bonchev–Trinajstić information content (AvgIpc) is 2.94. The van der Waals surface area contributed by atoms with Gasteiger partial charge in [0, 0.05) is 11.8 Å². The average molecular weight is 320 g/mol. The molecule has 1 aromatic rings. The number of methoxy groups -OCH3 is 1. The fraction of sp³-hybridized carbons (Fsp3) is 0.611. The normalized spacial score (nSPS) is 22.7. The molecule has 1 aromatic carbocycles. The van der Waals surface area contributed by atoms with Crippen LogP contribution in [0, 0.1) is 5.41 Å². The highest BCUT2D eigenvalue weighted by Gasteiger charge is 2.39. The second kappa shape index (κ2) is 5.71. The first-order valence-electron chi connectivity index (χ1n) is 8.18. The van der Waals surface area contributed by atoms with E-state index >= 15 is 0 Å². The molecule has 0 spiro atoms. The Morgan fingerprint density at radius 3 is 2.78 bits per heavy atom. The Hall–Kier alpha value is -1.75. The fourth-order valence-electron chi connectivity index (χ4n) is 3.39. The lowest BCUT2D eigenvalue weighted by molar-refractivity contribution is -0.914. The van der Waals surface area contributed by atoms with Crippen molar-refractivity contribution in [2.45, 2.75) is 39.7 Å². The summed E-state index contributed by atoms with van der Waals surface area (Å²) < 4.78 is 16.8. The zero-order valence-electron chi connectivity index (χ0n) is 14.6. The first-order valence-corrected chi connectivity index (χ1v) is 8.18. The van der Waals surface area contributed by atoms with Crippen molar-refractivity contribution in [2.24, 2.45) is 5.41 Å². The third kappa shape index (κ3) is 2.78. The van der Waals surface area contributed by atoms with Gasteiger partial charge in [-0.25, -0.2) is 0 Å². The number of benzene rings is 1. The van der Waals surface area contributed by atoms with Crippen molar-refractivity contribution in [2.75, 3.05) is 27.5 Å². The Kier molecular flexibility index (Phi) is 4.00. The standard InChI is InChI=1S/C18H25NO4/c1-18(2,3)14(20)9-12-15-11(6-7-19(12)4)8-13-16(17(15)21-5)23-10-22-13/h8,12H,6-7,9-10H2,1-5H3/p+1/t12-/m1/s1. The number of Topliss-reactive ketones (excluding diaryl/α,β-unsaturated/α-hetero) is 1. The van der Waals surface area contributed by atoms with Crippen molar-refractivity contribution in [1.82, 2.24) is 0 Å². The predicted octanol–water partition coefficient (Wildman–Crippen LogP) is 1.54. The van der Waals surface area contributed by atoms with E-state index in [1.54, 1.807) is 7.11 Å². The number of carbonyl (C=O) groups excluding carboxylic acids is 1. The molecule has 0 fully saturated rings. The van der Waals surface area contributed by atoms with Crippen molar-refractivity contribution < 1.29 is 23.9 Å². The molecule has 2 heterocycles. The van der Waals surface area contributed by atoms with Gasteiger partial charge in [-0.2, -0.15) is 0 Å². The molecule has 5 heteroatoms. The topological polar surface area (TPSA) is 49.2 Å². The van der Waals surface area contributed by atoms with Crippen LogP contribution in [0.4, 0.5) is 0 Å². The van der Waals surface area contributed by atoms with Crippen LogP contribution in [0.25, 0.3) is 0 Å². The maximum atomic E-state index is 12.6. The highest BCUT2D eigenvalue weighted by atomic mass is 16.7. The van der Waals surface area contributed by atoms with Gasteiger partial charge < -0.3 is 19.1 Å². The Morgan fingerprint density at radius 1 is 1.39 bits per heavy atom. The minimum atomic E-state index is -0.332. The third-order valence-corrected chi connectivity index (χ3v) is 4.91. The highest BCUT2D eigenvalue weighted by Crippen LogP contribution is 2.48. The summed E-state index contributed by atoms with van der Waals surface area (Å²) in [6, 6.07) is 2.15. The van der Waals surface area contributed by atoms with Gasteiger partial charge in [-0.05, 0) is 11.6 Å². The van der Waals surface area contributed by atoms with Gasteiger partial charge in [0.25, 0.3) is 0 Å². The molecular formula is C18H26NO4+. The van der Waals surface area contributed by atoms with E-state index in [0.29, 0.717) is 12.2 Å². The number of quaternary nitrogens is 1. The van der Waals surface area contributed by atoms with Crippen molar-refractivity contribution in [3.05, 3.63) is 17.2 Å². The van der Waals surface area contributed by atoms with Gasteiger partial charge in [0.1, 0.15) is 11.8 Å². The van der Waals surface area contributed by atoms with Crippen LogP contribution >= 0.6 is 0 Å². The number of nitrogens with one attached hydrogen (secondary N) is 1. The van der Waals surface area contributed by atoms with Crippen LogP contribution in [0.5, 0.6) is 17.2 Å². The summed E-state index contributed by atoms with van der Waals surface area (Å²) in [5, 5.41) is 0. The Balaban J connectivity index is 2.05. The first kappa shape index (κ1) is 16.1. The van der Waals surface area contributed by atoms with Gasteiger partial charge in [0.15, 0.2) is 11.5 Å². The van der Waals surface area contributed by atoms with E-state index in [2.05, 4.69) is 13.1 Å². The van der Waals surface area contributed by atoms with Crippen LogP contribution in [0.3, 0.4) is 0 Å². The summed E-state index contributed by atoms with van der Waals surface area (Å²) in [7, 11) is 3.80. The zero-order chi connectivity index (χ0) is 16.8. The molecule has 0 bridgehead atoms. The number of rotatable bonds is 3. The molecule has 5 nitrogen and oxygen atoms in total. The second-order valence-electron chi connectivity index (χ2n) is 7.49. The van der Waals surface area contributed by atoms with E-state index in [-0.39, 0.29) is 24.0 Å². The number of ether oxygens (including phenoxy) is 3. The summed E-state index contributed by atoms with van der Waals surface area (Å²) in [4.78, 5) is 14.0. The van der Waals surface area contributed by atoms with Crippen LogP contribution in [-0.2, 0) is 11.2 Å². The summed E-state index contributed by atoms with van der Waals surface area (Å²) in [5.74, 6) is 2.44. The molecule has 2 atom stereocenters. The van der Waals surface area contributed by atoms with Crippen LogP contribution in [-0.4, -0.2) is 33.3 Å². The second-order valence-corrected chi connectivity index (χ2v) is 7.49. The van der Waals surface area contributed by atoms with Crippen molar-refractivity contribution in [3.8, 4) is 17.2 Å². The third-order valence-electron chi connectivity index (χ3n) is 4.91. The number of carbonyl (C=O) groups is 1. The van der Waals surface area contributed by atoms with Crippen molar-refractivity contribution >= 4 is 5.78 Å². The maximum Gasteiger partial charge on any atom is 0.231 e. The van der Waals surface area contributed by atoms with Crippen molar-refractivity contribution in [1.29, 1.82) is 0 Å². The van der Waals surface area contributed by atoms with Gasteiger partial charge in [0.2, 0.25) is 12.5 Å². The lowest BCUT2D eigenvalue weighted by Gasteiger charge is -2.34. The Morgan fingerprint density at radius 2 is 2.13 bits per heavy atom. The van der Waals surface area contributed by atoms with Crippen molar-refractivity contribution in [3.63, 3.8) is 0 Å². The number of fused-ring (bicyclic) bond motifs is 2. The van der Waals surface area contributed by atoms with E-state index in [1.807, 2.05) is 20.8 Å². The minimum absolute atomic E-state index is 0.0925. The lowest BCUT2D eigenvalue weighted by atomic mass is 9.82. The van der Waals surface area contributed by atoms with E-state index in [1.165, 1.54) is 10.5 Å². The molecule has 2 aliphatic heterocycles. The number of hydrogen-bond donors (Lipinski definition) is 1. The molecule has 0 saturated heterocycles. The van der Waals surface area contributed by atoms with Gasteiger partial charge in [0.05, 0.1) is 32.7 Å². The number of likely N-dealkylation sites (N-methyl/N-ethyl adjacent to an activating group) is 1. The van der Waals surface area contributed by atoms with Crippen LogP contribution < -0.4 is 19.1 Å². The van der Waals surface area contributed by atoms with Crippen LogP contribution in [0.2, 0.25) is 0 Å². The molecule has 23 heavy (non-hydrogen) atoms. The highest BCUT2D eigenvalue weighted by molar-refractivity contribution is 5.84. The van der Waals surface area contributed by atoms with E-state index in [4.69, 9.17) is 14.2 Å². The molecule has 126 valence electrons. The Labute approximate surface area is 137 Å². The monoisotopic (exact) mass is 320 g/mol. The van der Waals surface area contributed by atoms with Gasteiger partial charge in [-0.1, -0.05) is 20.8 Å². The molecule has 3 rings (SSSR count). The summed E-state index contributed by atoms with van der Waals surface area (Å²) in [6.07, 6.45) is 1.46. The zero-order valence-corrected chi connectivity index (χ0v) is 14.6. The van der Waals surface area contributed by atoms with Gasteiger partial charge >= 0.3 is 0 Å². The first-order chi connectivity index (χ1) is 10.8. The molecule has 1 N–H and O–H groups in total. The van der Waals surface area contributed by atoms with Crippen LogP contribution in [0.1, 0.15) is 44.4 Å². The lowest BCUT2D eigenvalue weighted by Crippen LogP contribution is -3.10. The molecule has 0 saturated carbocycles. The fourth-order valence-corrected chi connectivity index (χ4v) is 3.39. The predicted molar refractivity (Wildman–Crippen MR) is 86.4 cm³/mol. The molecule has 0 amide bonds. The largest absolute Gasteiger partial charge is 0.492 e. The smallest absolute Gasteiger partial charge is 0.231 e. The maximum absolute atomic E-state index is 12.6. The van der Waals surface area contributed by atoms with Crippen LogP contribution in [0.15, 0.2) is 6.07 Å². The summed E-state index contributed by atoms with van der Waals surface area (Å²) >= 11 is 0. The van der Waals surface area contributed by atoms with E-state index < -0.39 is 0 Å².